The number of fused-ring (bicyclic) bond motifs is 12. The molecule has 0 aliphatic heterocycles. The van der Waals surface area contributed by atoms with E-state index in [9.17, 15) is 0 Å². The van der Waals surface area contributed by atoms with E-state index in [-0.39, 0.29) is 0 Å². The van der Waals surface area contributed by atoms with E-state index in [2.05, 4.69) is 217 Å². The fourth-order valence-electron chi connectivity index (χ4n) is 9.36. The molecule has 9 aromatic rings. The Hall–Kier alpha value is -6.96. The summed E-state index contributed by atoms with van der Waals surface area (Å²) in [6, 6.07) is 78.2. The Morgan fingerprint density at radius 2 is 0.741 bits per heavy atom. The van der Waals surface area contributed by atoms with E-state index in [1.165, 1.54) is 77.5 Å². The highest BCUT2D eigenvalue weighted by Crippen LogP contribution is 2.64. The monoisotopic (exact) mass is 685 g/mol. The smallest absolute Gasteiger partial charge is 0.0732 e. The molecule has 252 valence electrons. The lowest BCUT2D eigenvalue weighted by Crippen LogP contribution is -2.26. The van der Waals surface area contributed by atoms with E-state index in [0.29, 0.717) is 0 Å². The van der Waals surface area contributed by atoms with Crippen LogP contribution in [0.15, 0.2) is 212 Å². The van der Waals surface area contributed by atoms with Crippen molar-refractivity contribution < 1.29 is 0 Å². The topological polar surface area (TPSA) is 3.24 Å². The van der Waals surface area contributed by atoms with Gasteiger partial charge in [0.2, 0.25) is 0 Å². The maximum Gasteiger partial charge on any atom is 0.0732 e. The predicted molar refractivity (Wildman–Crippen MR) is 226 cm³/mol. The summed E-state index contributed by atoms with van der Waals surface area (Å²) in [5.74, 6) is 0. The van der Waals surface area contributed by atoms with E-state index < -0.39 is 5.41 Å². The van der Waals surface area contributed by atoms with Gasteiger partial charge in [-0.05, 0) is 114 Å². The third-order valence-corrected chi connectivity index (χ3v) is 11.7. The standard InChI is InChI=1S/C53H35N/c1-3-13-36(14-4-1)38-23-28-41(29-24-38)54(42-30-25-39(26-31-42)37-15-5-2-6-16-37)43-32-34-47-48-33-27-40-17-7-8-18-44(40)52(48)53(51(47)35-43)49-21-11-9-19-45(49)46-20-10-12-22-50(46)53/h1-35H. The molecular weight excluding hydrogens is 651 g/mol. The van der Waals surface area contributed by atoms with Gasteiger partial charge in [0, 0.05) is 17.1 Å². The second-order valence-corrected chi connectivity index (χ2v) is 14.4. The van der Waals surface area contributed by atoms with Crippen LogP contribution in [0.4, 0.5) is 17.1 Å². The maximum atomic E-state index is 2.49. The zero-order chi connectivity index (χ0) is 35.6. The molecule has 54 heavy (non-hydrogen) atoms. The minimum Gasteiger partial charge on any atom is -0.310 e. The summed E-state index contributed by atoms with van der Waals surface area (Å²) in [6.07, 6.45) is 0. The van der Waals surface area contributed by atoms with Crippen molar-refractivity contribution in [2.75, 3.05) is 4.90 Å². The van der Waals surface area contributed by atoms with Gasteiger partial charge < -0.3 is 4.90 Å². The second kappa shape index (κ2) is 12.0. The van der Waals surface area contributed by atoms with Crippen molar-refractivity contribution >= 4 is 27.8 Å². The molecule has 1 spiro atoms. The molecule has 2 aliphatic carbocycles. The lowest BCUT2D eigenvalue weighted by atomic mass is 9.69. The van der Waals surface area contributed by atoms with Gasteiger partial charge in [0.05, 0.1) is 5.41 Å². The number of hydrogen-bond donors (Lipinski definition) is 0. The zero-order valence-corrected chi connectivity index (χ0v) is 29.7. The van der Waals surface area contributed by atoms with Crippen LogP contribution in [0.3, 0.4) is 0 Å². The van der Waals surface area contributed by atoms with Crippen LogP contribution < -0.4 is 4.90 Å². The predicted octanol–water partition coefficient (Wildman–Crippen LogP) is 14.0. The van der Waals surface area contributed by atoms with E-state index in [1.807, 2.05) is 0 Å². The first kappa shape index (κ1) is 30.6. The number of anilines is 3. The summed E-state index contributed by atoms with van der Waals surface area (Å²) in [5.41, 5.74) is 18.4. The van der Waals surface area contributed by atoms with Crippen molar-refractivity contribution in [1.29, 1.82) is 0 Å². The van der Waals surface area contributed by atoms with Crippen LogP contribution in [0.1, 0.15) is 22.3 Å². The van der Waals surface area contributed by atoms with E-state index >= 15 is 0 Å². The minimum absolute atomic E-state index is 0.464. The summed E-state index contributed by atoms with van der Waals surface area (Å²) in [6.45, 7) is 0. The van der Waals surface area contributed by atoms with Crippen molar-refractivity contribution in [3.05, 3.63) is 235 Å². The van der Waals surface area contributed by atoms with Crippen LogP contribution in [-0.4, -0.2) is 0 Å². The van der Waals surface area contributed by atoms with Crippen LogP contribution in [0.5, 0.6) is 0 Å². The van der Waals surface area contributed by atoms with Crippen LogP contribution in [-0.2, 0) is 5.41 Å². The van der Waals surface area contributed by atoms with Crippen LogP contribution in [0, 0.1) is 0 Å². The molecule has 0 fully saturated rings. The largest absolute Gasteiger partial charge is 0.310 e. The Morgan fingerprint density at radius 3 is 1.33 bits per heavy atom. The number of nitrogens with zero attached hydrogens (tertiary/aromatic N) is 1. The van der Waals surface area contributed by atoms with E-state index in [0.717, 1.165) is 17.1 Å². The molecule has 9 aromatic carbocycles. The molecule has 0 bridgehead atoms. The molecule has 0 unspecified atom stereocenters. The van der Waals surface area contributed by atoms with Gasteiger partial charge >= 0.3 is 0 Å². The first-order valence-corrected chi connectivity index (χ1v) is 18.8. The normalized spacial score (nSPS) is 13.0. The quantitative estimate of drug-likeness (QED) is 0.174. The van der Waals surface area contributed by atoms with Crippen molar-refractivity contribution in [3.63, 3.8) is 0 Å². The first-order chi connectivity index (χ1) is 26.8. The average Bonchev–Trinajstić information content (AvgIpc) is 3.72. The van der Waals surface area contributed by atoms with E-state index in [1.54, 1.807) is 0 Å². The molecule has 0 atom stereocenters. The highest BCUT2D eigenvalue weighted by molar-refractivity contribution is 6.04. The Morgan fingerprint density at radius 1 is 0.296 bits per heavy atom. The second-order valence-electron chi connectivity index (χ2n) is 14.4. The fraction of sp³-hybridized carbons (Fsp3) is 0.0189. The molecule has 0 saturated heterocycles. The van der Waals surface area contributed by atoms with Crippen molar-refractivity contribution in [1.82, 2.24) is 0 Å². The minimum atomic E-state index is -0.464. The van der Waals surface area contributed by atoms with Crippen LogP contribution >= 0.6 is 0 Å². The Bertz CT molecular complexity index is 2720. The number of rotatable bonds is 5. The summed E-state index contributed by atoms with van der Waals surface area (Å²) in [7, 11) is 0. The van der Waals surface area contributed by atoms with Gasteiger partial charge in [-0.2, -0.15) is 0 Å². The Balaban J connectivity index is 1.16. The molecular formula is C53H35N. The molecule has 2 aliphatic rings. The molecule has 0 saturated carbocycles. The van der Waals surface area contributed by atoms with Gasteiger partial charge in [0.1, 0.15) is 0 Å². The molecule has 0 aromatic heterocycles. The van der Waals surface area contributed by atoms with Gasteiger partial charge in [-0.25, -0.2) is 0 Å². The van der Waals surface area contributed by atoms with Crippen molar-refractivity contribution in [2.45, 2.75) is 5.41 Å². The Labute approximate surface area is 316 Å². The summed E-state index contributed by atoms with van der Waals surface area (Å²) >= 11 is 0. The number of benzene rings is 9. The fourth-order valence-corrected chi connectivity index (χ4v) is 9.36. The van der Waals surface area contributed by atoms with Crippen LogP contribution in [0.2, 0.25) is 0 Å². The van der Waals surface area contributed by atoms with Crippen molar-refractivity contribution in [2.24, 2.45) is 0 Å². The molecule has 1 nitrogen and oxygen atoms in total. The molecule has 0 heterocycles. The van der Waals surface area contributed by atoms with Gasteiger partial charge in [-0.1, -0.05) is 176 Å². The van der Waals surface area contributed by atoms with Gasteiger partial charge in [0.15, 0.2) is 0 Å². The maximum absolute atomic E-state index is 2.49. The highest BCUT2D eigenvalue weighted by Gasteiger charge is 2.52. The molecule has 0 N–H and O–H groups in total. The summed E-state index contributed by atoms with van der Waals surface area (Å²) in [4.78, 5) is 2.42. The molecule has 0 amide bonds. The number of hydrogen-bond acceptors (Lipinski definition) is 1. The highest BCUT2D eigenvalue weighted by atomic mass is 15.1. The lowest BCUT2D eigenvalue weighted by molar-refractivity contribution is 0.801. The third-order valence-electron chi connectivity index (χ3n) is 11.7. The average molecular weight is 686 g/mol. The summed E-state index contributed by atoms with van der Waals surface area (Å²) < 4.78 is 0. The first-order valence-electron chi connectivity index (χ1n) is 18.8. The van der Waals surface area contributed by atoms with Gasteiger partial charge in [0.25, 0.3) is 0 Å². The lowest BCUT2D eigenvalue weighted by Gasteiger charge is -2.33. The molecule has 11 rings (SSSR count). The summed E-state index contributed by atoms with van der Waals surface area (Å²) in [5, 5.41) is 2.58. The van der Waals surface area contributed by atoms with E-state index in [4.69, 9.17) is 0 Å². The van der Waals surface area contributed by atoms with Gasteiger partial charge in [-0.15, -0.1) is 0 Å². The third kappa shape index (κ3) is 4.45. The zero-order valence-electron chi connectivity index (χ0n) is 29.7. The van der Waals surface area contributed by atoms with Crippen molar-refractivity contribution in [3.8, 4) is 44.5 Å². The molecule has 0 radical (unpaired) electrons. The molecule has 1 heteroatoms. The Kier molecular flexibility index (Phi) is 6.84. The van der Waals surface area contributed by atoms with Crippen LogP contribution in [0.25, 0.3) is 55.3 Å². The van der Waals surface area contributed by atoms with Gasteiger partial charge in [-0.3, -0.25) is 0 Å². The SMILES string of the molecule is c1ccc(-c2ccc(N(c3ccc(-c4ccccc4)cc3)c3ccc4c(c3)C3(c5ccccc5-c5ccccc53)c3c-4ccc4ccccc34)cc2)cc1.